The number of fused-ring (bicyclic) bond motifs is 1. The van der Waals surface area contributed by atoms with Crippen molar-refractivity contribution in [2.75, 3.05) is 11.9 Å². The van der Waals surface area contributed by atoms with Gasteiger partial charge in [0.25, 0.3) is 0 Å². The standard InChI is InChI=1S/C23H20N4O2/c28-23(29)18-9-8-17(12-20(18)24-13-15-6-7-15)27-11-10-19-22(27)26-21(14-25-19)16-4-2-1-3-5-16/h1-5,8-12,14-15,24H,6-7,13H2,(H,28,29). The second kappa shape index (κ2) is 7.05. The molecule has 0 amide bonds. The molecule has 1 fully saturated rings. The van der Waals surface area contributed by atoms with Crippen molar-refractivity contribution < 1.29 is 9.90 Å². The molecule has 6 heteroatoms. The van der Waals surface area contributed by atoms with Gasteiger partial charge in [-0.2, -0.15) is 0 Å². The van der Waals surface area contributed by atoms with Gasteiger partial charge in [0.05, 0.1) is 23.1 Å². The predicted molar refractivity (Wildman–Crippen MR) is 112 cm³/mol. The number of hydrogen-bond donors (Lipinski definition) is 2. The van der Waals surface area contributed by atoms with Crippen molar-refractivity contribution in [2.45, 2.75) is 12.8 Å². The molecule has 2 heterocycles. The number of carboxylic acid groups (broad SMARTS) is 1. The zero-order valence-corrected chi connectivity index (χ0v) is 15.7. The molecule has 2 N–H and O–H groups in total. The molecule has 0 radical (unpaired) electrons. The minimum absolute atomic E-state index is 0.280. The third kappa shape index (κ3) is 3.45. The number of anilines is 1. The van der Waals surface area contributed by atoms with Crippen molar-refractivity contribution in [3.05, 3.63) is 72.6 Å². The molecule has 0 bridgehead atoms. The second-order valence-electron chi connectivity index (χ2n) is 7.38. The second-order valence-corrected chi connectivity index (χ2v) is 7.38. The van der Waals surface area contributed by atoms with Crippen molar-refractivity contribution in [3.8, 4) is 16.9 Å². The van der Waals surface area contributed by atoms with Crippen molar-refractivity contribution in [2.24, 2.45) is 5.92 Å². The van der Waals surface area contributed by atoms with Gasteiger partial charge in [-0.05, 0) is 43.0 Å². The van der Waals surface area contributed by atoms with Crippen LogP contribution in [0.1, 0.15) is 23.2 Å². The van der Waals surface area contributed by atoms with E-state index in [-0.39, 0.29) is 5.56 Å². The van der Waals surface area contributed by atoms with Gasteiger partial charge < -0.3 is 10.4 Å². The SMILES string of the molecule is O=C(O)c1ccc(-n2ccc3ncc(-c4ccccc4)nc32)cc1NCC1CC1. The summed E-state index contributed by atoms with van der Waals surface area (Å²) in [6.45, 7) is 0.800. The zero-order chi connectivity index (χ0) is 19.8. The van der Waals surface area contributed by atoms with Gasteiger partial charge in [-0.25, -0.2) is 9.78 Å². The van der Waals surface area contributed by atoms with Gasteiger partial charge in [0.1, 0.15) is 5.52 Å². The van der Waals surface area contributed by atoms with Crippen molar-refractivity contribution >= 4 is 22.8 Å². The van der Waals surface area contributed by atoms with Gasteiger partial charge in [0.2, 0.25) is 0 Å². The molecular formula is C23H20N4O2. The maximum atomic E-state index is 11.6. The van der Waals surface area contributed by atoms with E-state index < -0.39 is 5.97 Å². The van der Waals surface area contributed by atoms with Crippen molar-refractivity contribution in [1.29, 1.82) is 0 Å². The molecule has 0 atom stereocenters. The fraction of sp³-hybridized carbons (Fsp3) is 0.174. The molecule has 5 rings (SSSR count). The van der Waals surface area contributed by atoms with Crippen LogP contribution in [0.3, 0.4) is 0 Å². The van der Waals surface area contributed by atoms with E-state index in [0.29, 0.717) is 11.6 Å². The summed E-state index contributed by atoms with van der Waals surface area (Å²) in [6, 6.07) is 17.2. The average Bonchev–Trinajstić information content (AvgIpc) is 3.49. The van der Waals surface area contributed by atoms with E-state index in [1.54, 1.807) is 12.3 Å². The Balaban J connectivity index is 1.57. The van der Waals surface area contributed by atoms with Crippen LogP contribution in [0.2, 0.25) is 0 Å². The summed E-state index contributed by atoms with van der Waals surface area (Å²) in [5.41, 5.74) is 5.10. The molecule has 0 aliphatic heterocycles. The smallest absolute Gasteiger partial charge is 0.337 e. The van der Waals surface area contributed by atoms with Gasteiger partial charge in [0, 0.05) is 24.0 Å². The monoisotopic (exact) mass is 384 g/mol. The van der Waals surface area contributed by atoms with Crippen LogP contribution < -0.4 is 5.32 Å². The molecule has 0 saturated heterocycles. The number of nitrogens with one attached hydrogen (secondary N) is 1. The Hall–Kier alpha value is -3.67. The van der Waals surface area contributed by atoms with Gasteiger partial charge in [-0.1, -0.05) is 30.3 Å². The Labute approximate surface area is 167 Å². The average molecular weight is 384 g/mol. The molecule has 0 unspecified atom stereocenters. The summed E-state index contributed by atoms with van der Waals surface area (Å²) < 4.78 is 1.95. The molecule has 1 aliphatic carbocycles. The highest BCUT2D eigenvalue weighted by molar-refractivity contribution is 5.95. The van der Waals surface area contributed by atoms with Crippen LogP contribution in [-0.4, -0.2) is 32.2 Å². The van der Waals surface area contributed by atoms with Crippen LogP contribution in [0.5, 0.6) is 0 Å². The normalized spacial score (nSPS) is 13.5. The number of nitrogens with zero attached hydrogens (tertiary/aromatic N) is 3. The lowest BCUT2D eigenvalue weighted by atomic mass is 10.1. The lowest BCUT2D eigenvalue weighted by Crippen LogP contribution is -2.10. The number of carboxylic acids is 1. The number of rotatable bonds is 6. The highest BCUT2D eigenvalue weighted by Crippen LogP contribution is 2.30. The summed E-state index contributed by atoms with van der Waals surface area (Å²) in [4.78, 5) is 21.0. The minimum Gasteiger partial charge on any atom is -0.478 e. The van der Waals surface area contributed by atoms with Gasteiger partial charge in [-0.3, -0.25) is 9.55 Å². The summed E-state index contributed by atoms with van der Waals surface area (Å²) >= 11 is 0. The van der Waals surface area contributed by atoms with E-state index in [1.807, 2.05) is 59.3 Å². The summed E-state index contributed by atoms with van der Waals surface area (Å²) in [5.74, 6) is -0.287. The number of carbonyl (C=O) groups is 1. The van der Waals surface area contributed by atoms with Crippen LogP contribution in [0.4, 0.5) is 5.69 Å². The van der Waals surface area contributed by atoms with E-state index in [0.717, 1.165) is 34.7 Å². The maximum Gasteiger partial charge on any atom is 0.337 e. The van der Waals surface area contributed by atoms with E-state index in [9.17, 15) is 9.90 Å². The Morgan fingerprint density at radius 2 is 1.97 bits per heavy atom. The quantitative estimate of drug-likeness (QED) is 0.507. The van der Waals surface area contributed by atoms with Crippen LogP contribution in [0.25, 0.3) is 28.1 Å². The number of aromatic carboxylic acids is 1. The highest BCUT2D eigenvalue weighted by Gasteiger charge is 2.22. The number of hydrogen-bond acceptors (Lipinski definition) is 4. The summed E-state index contributed by atoms with van der Waals surface area (Å²) in [7, 11) is 0. The molecule has 2 aromatic carbocycles. The fourth-order valence-electron chi connectivity index (χ4n) is 3.45. The van der Waals surface area contributed by atoms with E-state index >= 15 is 0 Å². The molecule has 6 nitrogen and oxygen atoms in total. The van der Waals surface area contributed by atoms with Gasteiger partial charge in [-0.15, -0.1) is 0 Å². The fourth-order valence-corrected chi connectivity index (χ4v) is 3.45. The molecule has 1 aliphatic rings. The summed E-state index contributed by atoms with van der Waals surface area (Å²) in [6.07, 6.45) is 6.10. The van der Waals surface area contributed by atoms with Crippen LogP contribution in [-0.2, 0) is 0 Å². The molecule has 0 spiro atoms. The molecule has 2 aromatic heterocycles. The number of benzene rings is 2. The molecule has 144 valence electrons. The Morgan fingerprint density at radius 3 is 2.72 bits per heavy atom. The molecule has 4 aromatic rings. The van der Waals surface area contributed by atoms with Crippen molar-refractivity contribution in [3.63, 3.8) is 0 Å². The zero-order valence-electron chi connectivity index (χ0n) is 15.7. The van der Waals surface area contributed by atoms with E-state index in [4.69, 9.17) is 4.98 Å². The Morgan fingerprint density at radius 1 is 1.14 bits per heavy atom. The Kier molecular flexibility index (Phi) is 4.24. The van der Waals surface area contributed by atoms with E-state index in [1.165, 1.54) is 12.8 Å². The topological polar surface area (TPSA) is 80.0 Å². The lowest BCUT2D eigenvalue weighted by molar-refractivity contribution is 0.0698. The predicted octanol–water partition coefficient (Wildman–Crippen LogP) is 4.61. The largest absolute Gasteiger partial charge is 0.478 e. The third-order valence-corrected chi connectivity index (χ3v) is 5.25. The van der Waals surface area contributed by atoms with Crippen LogP contribution >= 0.6 is 0 Å². The van der Waals surface area contributed by atoms with Crippen molar-refractivity contribution in [1.82, 2.24) is 14.5 Å². The number of aromatic nitrogens is 3. The van der Waals surface area contributed by atoms with Crippen LogP contribution in [0, 0.1) is 5.92 Å². The lowest BCUT2D eigenvalue weighted by Gasteiger charge is -2.13. The van der Waals surface area contributed by atoms with Gasteiger partial charge >= 0.3 is 5.97 Å². The maximum absolute atomic E-state index is 11.6. The first-order chi connectivity index (χ1) is 14.2. The first-order valence-electron chi connectivity index (χ1n) is 9.70. The molecule has 1 saturated carbocycles. The Bertz CT molecular complexity index is 1200. The summed E-state index contributed by atoms with van der Waals surface area (Å²) in [5, 5.41) is 12.8. The molecule has 29 heavy (non-hydrogen) atoms. The van der Waals surface area contributed by atoms with Crippen LogP contribution in [0.15, 0.2) is 67.0 Å². The van der Waals surface area contributed by atoms with E-state index in [2.05, 4.69) is 10.3 Å². The third-order valence-electron chi connectivity index (χ3n) is 5.25. The minimum atomic E-state index is -0.932. The van der Waals surface area contributed by atoms with Gasteiger partial charge in [0.15, 0.2) is 5.65 Å². The molecular weight excluding hydrogens is 364 g/mol. The highest BCUT2D eigenvalue weighted by atomic mass is 16.4. The first-order valence-corrected chi connectivity index (χ1v) is 9.70. The first kappa shape index (κ1) is 17.4.